The number of aromatic nitrogens is 2. The summed E-state index contributed by atoms with van der Waals surface area (Å²) < 4.78 is 5.71. The van der Waals surface area contributed by atoms with Crippen LogP contribution in [0.1, 0.15) is 38.1 Å². The fourth-order valence-corrected chi connectivity index (χ4v) is 2.50. The molecule has 1 saturated heterocycles. The highest BCUT2D eigenvalue weighted by atomic mass is 35.5. The molecule has 1 atom stereocenters. The molecule has 0 aliphatic carbocycles. The molecule has 0 aromatic carbocycles. The standard InChI is InChI=1S/C14H22ClN3O/c1-4-6-12-16-13(15)10(3)14(17-12)18-7-8-19-11(5-2)9-18/h11H,4-9H2,1-3H3. The van der Waals surface area contributed by atoms with Crippen LogP contribution < -0.4 is 4.90 Å². The zero-order valence-corrected chi connectivity index (χ0v) is 12.7. The molecule has 0 spiro atoms. The van der Waals surface area contributed by atoms with Crippen molar-refractivity contribution >= 4 is 17.4 Å². The van der Waals surface area contributed by atoms with Crippen molar-refractivity contribution in [3.63, 3.8) is 0 Å². The molecule has 5 heteroatoms. The van der Waals surface area contributed by atoms with E-state index in [-0.39, 0.29) is 6.10 Å². The van der Waals surface area contributed by atoms with Crippen LogP contribution in [0.25, 0.3) is 0 Å². The van der Waals surface area contributed by atoms with Crippen LogP contribution in [0.5, 0.6) is 0 Å². The maximum atomic E-state index is 6.24. The van der Waals surface area contributed by atoms with Crippen LogP contribution in [0.2, 0.25) is 5.15 Å². The van der Waals surface area contributed by atoms with E-state index in [2.05, 4.69) is 23.7 Å². The minimum atomic E-state index is 0.288. The number of aryl methyl sites for hydroxylation is 1. The van der Waals surface area contributed by atoms with Crippen LogP contribution in [0.15, 0.2) is 0 Å². The molecule has 1 unspecified atom stereocenters. The van der Waals surface area contributed by atoms with E-state index < -0.39 is 0 Å². The number of nitrogens with zero attached hydrogens (tertiary/aromatic N) is 3. The van der Waals surface area contributed by atoms with E-state index in [1.807, 2.05) is 6.92 Å². The van der Waals surface area contributed by atoms with Gasteiger partial charge in [-0.05, 0) is 19.8 Å². The Labute approximate surface area is 120 Å². The molecule has 0 bridgehead atoms. The quantitative estimate of drug-likeness (QED) is 0.796. The van der Waals surface area contributed by atoms with Gasteiger partial charge in [-0.15, -0.1) is 0 Å². The maximum absolute atomic E-state index is 6.24. The Morgan fingerprint density at radius 3 is 2.84 bits per heavy atom. The third kappa shape index (κ3) is 3.37. The highest BCUT2D eigenvalue weighted by molar-refractivity contribution is 6.30. The van der Waals surface area contributed by atoms with Crippen molar-refractivity contribution in [1.29, 1.82) is 0 Å². The average Bonchev–Trinajstić information content (AvgIpc) is 2.43. The minimum absolute atomic E-state index is 0.288. The van der Waals surface area contributed by atoms with Crippen LogP contribution >= 0.6 is 11.6 Å². The summed E-state index contributed by atoms with van der Waals surface area (Å²) in [7, 11) is 0. The van der Waals surface area contributed by atoms with Crippen LogP contribution in [-0.2, 0) is 11.2 Å². The first-order chi connectivity index (χ1) is 9.15. The van der Waals surface area contributed by atoms with Gasteiger partial charge in [0.05, 0.1) is 12.7 Å². The fourth-order valence-electron chi connectivity index (χ4n) is 2.32. The number of rotatable bonds is 4. The second-order valence-electron chi connectivity index (χ2n) is 4.98. The van der Waals surface area contributed by atoms with Crippen molar-refractivity contribution in [3.8, 4) is 0 Å². The molecule has 0 saturated carbocycles. The topological polar surface area (TPSA) is 38.2 Å². The van der Waals surface area contributed by atoms with Gasteiger partial charge in [0.1, 0.15) is 16.8 Å². The molecule has 1 fully saturated rings. The zero-order chi connectivity index (χ0) is 13.8. The Hall–Kier alpha value is -0.870. The number of ether oxygens (including phenoxy) is 1. The third-order valence-electron chi connectivity index (χ3n) is 3.47. The Balaban J connectivity index is 2.26. The number of hydrogen-bond donors (Lipinski definition) is 0. The Kier molecular flexibility index (Phi) is 4.99. The molecule has 19 heavy (non-hydrogen) atoms. The first-order valence-corrected chi connectivity index (χ1v) is 7.43. The first kappa shape index (κ1) is 14.5. The first-order valence-electron chi connectivity index (χ1n) is 7.05. The summed E-state index contributed by atoms with van der Waals surface area (Å²) in [6.45, 7) is 8.77. The Morgan fingerprint density at radius 1 is 1.37 bits per heavy atom. The molecular formula is C14H22ClN3O. The van der Waals surface area contributed by atoms with Crippen molar-refractivity contribution in [2.24, 2.45) is 0 Å². The van der Waals surface area contributed by atoms with Crippen molar-refractivity contribution in [3.05, 3.63) is 16.5 Å². The van der Waals surface area contributed by atoms with E-state index in [1.54, 1.807) is 0 Å². The summed E-state index contributed by atoms with van der Waals surface area (Å²) in [6, 6.07) is 0. The molecule has 0 N–H and O–H groups in total. The number of anilines is 1. The predicted molar refractivity (Wildman–Crippen MR) is 78.0 cm³/mol. The van der Waals surface area contributed by atoms with Crippen LogP contribution in [0.4, 0.5) is 5.82 Å². The molecule has 4 nitrogen and oxygen atoms in total. The molecule has 2 rings (SSSR count). The summed E-state index contributed by atoms with van der Waals surface area (Å²) in [5.74, 6) is 1.82. The average molecular weight is 284 g/mol. The molecule has 0 radical (unpaired) electrons. The normalized spacial score (nSPS) is 19.8. The monoisotopic (exact) mass is 283 g/mol. The summed E-state index contributed by atoms with van der Waals surface area (Å²) >= 11 is 6.24. The SMILES string of the molecule is CCCc1nc(Cl)c(C)c(N2CCOC(CC)C2)n1. The second kappa shape index (κ2) is 6.53. The van der Waals surface area contributed by atoms with Gasteiger partial charge in [-0.2, -0.15) is 0 Å². The highest BCUT2D eigenvalue weighted by Gasteiger charge is 2.23. The van der Waals surface area contributed by atoms with Gasteiger partial charge in [0.2, 0.25) is 0 Å². The minimum Gasteiger partial charge on any atom is -0.375 e. The van der Waals surface area contributed by atoms with Gasteiger partial charge in [-0.1, -0.05) is 25.4 Å². The second-order valence-corrected chi connectivity index (χ2v) is 5.33. The molecular weight excluding hydrogens is 262 g/mol. The van der Waals surface area contributed by atoms with Crippen molar-refractivity contribution < 1.29 is 4.74 Å². The van der Waals surface area contributed by atoms with E-state index in [9.17, 15) is 0 Å². The fraction of sp³-hybridized carbons (Fsp3) is 0.714. The molecule has 106 valence electrons. The van der Waals surface area contributed by atoms with Crippen LogP contribution in [0, 0.1) is 6.92 Å². The number of morpholine rings is 1. The van der Waals surface area contributed by atoms with E-state index in [0.29, 0.717) is 5.15 Å². The molecule has 0 amide bonds. The largest absolute Gasteiger partial charge is 0.375 e. The number of hydrogen-bond acceptors (Lipinski definition) is 4. The lowest BCUT2D eigenvalue weighted by molar-refractivity contribution is 0.0381. The van der Waals surface area contributed by atoms with E-state index in [4.69, 9.17) is 21.3 Å². The van der Waals surface area contributed by atoms with Gasteiger partial charge in [0.15, 0.2) is 0 Å². The lowest BCUT2D eigenvalue weighted by Gasteiger charge is -2.34. The van der Waals surface area contributed by atoms with E-state index in [0.717, 1.165) is 56.2 Å². The molecule has 1 aromatic rings. The van der Waals surface area contributed by atoms with Gasteiger partial charge >= 0.3 is 0 Å². The van der Waals surface area contributed by atoms with Crippen LogP contribution in [0.3, 0.4) is 0 Å². The smallest absolute Gasteiger partial charge is 0.137 e. The summed E-state index contributed by atoms with van der Waals surface area (Å²) in [4.78, 5) is 11.3. The van der Waals surface area contributed by atoms with Crippen molar-refractivity contribution in [1.82, 2.24) is 9.97 Å². The van der Waals surface area contributed by atoms with E-state index in [1.165, 1.54) is 0 Å². The lowest BCUT2D eigenvalue weighted by atomic mass is 10.2. The van der Waals surface area contributed by atoms with Crippen molar-refractivity contribution in [2.45, 2.75) is 46.1 Å². The number of halogens is 1. The molecule has 1 aliphatic heterocycles. The highest BCUT2D eigenvalue weighted by Crippen LogP contribution is 2.25. The van der Waals surface area contributed by atoms with E-state index >= 15 is 0 Å². The van der Waals surface area contributed by atoms with Gasteiger partial charge in [-0.3, -0.25) is 0 Å². The predicted octanol–water partition coefficient (Wildman–Crippen LogP) is 3.01. The van der Waals surface area contributed by atoms with Crippen molar-refractivity contribution in [2.75, 3.05) is 24.6 Å². The van der Waals surface area contributed by atoms with Gasteiger partial charge in [0.25, 0.3) is 0 Å². The summed E-state index contributed by atoms with van der Waals surface area (Å²) in [6.07, 6.45) is 3.21. The maximum Gasteiger partial charge on any atom is 0.137 e. The summed E-state index contributed by atoms with van der Waals surface area (Å²) in [5.41, 5.74) is 0.971. The van der Waals surface area contributed by atoms with Crippen LogP contribution in [-0.4, -0.2) is 35.8 Å². The Morgan fingerprint density at radius 2 is 2.16 bits per heavy atom. The summed E-state index contributed by atoms with van der Waals surface area (Å²) in [5, 5.41) is 0.577. The molecule has 1 aliphatic rings. The lowest BCUT2D eigenvalue weighted by Crippen LogP contribution is -2.43. The van der Waals surface area contributed by atoms with Gasteiger partial charge in [0, 0.05) is 25.1 Å². The molecule has 2 heterocycles. The third-order valence-corrected chi connectivity index (χ3v) is 3.84. The molecule has 1 aromatic heterocycles. The van der Waals surface area contributed by atoms with Gasteiger partial charge < -0.3 is 9.64 Å². The Bertz CT molecular complexity index is 439. The van der Waals surface area contributed by atoms with Gasteiger partial charge in [-0.25, -0.2) is 9.97 Å². The zero-order valence-electron chi connectivity index (χ0n) is 11.9.